The number of nitrogens with zero attached hydrogens (tertiary/aromatic N) is 4. The van der Waals surface area contributed by atoms with Crippen LogP contribution in [0.5, 0.6) is 0 Å². The zero-order valence-corrected chi connectivity index (χ0v) is 17.8. The minimum Gasteiger partial charge on any atom is -0.371 e. The molecule has 0 bridgehead atoms. The highest BCUT2D eigenvalue weighted by atomic mass is 16.6. The van der Waals surface area contributed by atoms with E-state index in [1.807, 2.05) is 51.1 Å². The number of benzene rings is 1. The smallest absolute Gasteiger partial charge is 0.311 e. The van der Waals surface area contributed by atoms with Gasteiger partial charge in [-0.15, -0.1) is 0 Å². The number of nitrogens with one attached hydrogen (secondary N) is 1. The third kappa shape index (κ3) is 3.72. The predicted octanol–water partition coefficient (Wildman–Crippen LogP) is 5.55. The van der Waals surface area contributed by atoms with Crippen LogP contribution in [0.25, 0.3) is 22.0 Å². The van der Waals surface area contributed by atoms with Crippen LogP contribution in [-0.4, -0.2) is 20.0 Å². The van der Waals surface area contributed by atoms with Crippen molar-refractivity contribution in [3.63, 3.8) is 0 Å². The number of aryl methyl sites for hydroxylation is 3. The third-order valence-corrected chi connectivity index (χ3v) is 5.45. The summed E-state index contributed by atoms with van der Waals surface area (Å²) in [5.74, 6) is 0.732. The highest BCUT2D eigenvalue weighted by Crippen LogP contribution is 2.39. The maximum Gasteiger partial charge on any atom is 0.311 e. The van der Waals surface area contributed by atoms with E-state index in [1.165, 1.54) is 6.20 Å². The molecular weight excluding hydrogens is 394 g/mol. The Morgan fingerprint density at radius 1 is 1.23 bits per heavy atom. The van der Waals surface area contributed by atoms with Crippen molar-refractivity contribution < 1.29 is 9.45 Å². The molecule has 1 aromatic carbocycles. The second-order valence-electron chi connectivity index (χ2n) is 7.48. The van der Waals surface area contributed by atoms with Crippen LogP contribution in [0.2, 0.25) is 0 Å². The minimum atomic E-state index is -0.409. The molecule has 0 aliphatic rings. The van der Waals surface area contributed by atoms with Crippen LogP contribution in [0.3, 0.4) is 0 Å². The van der Waals surface area contributed by atoms with Crippen molar-refractivity contribution in [3.05, 3.63) is 75.6 Å². The van der Waals surface area contributed by atoms with Gasteiger partial charge in [-0.05, 0) is 62.6 Å². The van der Waals surface area contributed by atoms with Gasteiger partial charge >= 0.3 is 5.69 Å². The van der Waals surface area contributed by atoms with Gasteiger partial charge < -0.3 is 9.84 Å². The molecule has 8 heteroatoms. The molecule has 158 valence electrons. The lowest BCUT2D eigenvalue weighted by Gasteiger charge is -2.18. The van der Waals surface area contributed by atoms with Crippen molar-refractivity contribution in [3.8, 4) is 11.1 Å². The molecule has 0 radical (unpaired) electrons. The van der Waals surface area contributed by atoms with E-state index in [0.29, 0.717) is 16.6 Å². The van der Waals surface area contributed by atoms with Gasteiger partial charge in [0.05, 0.1) is 27.9 Å². The van der Waals surface area contributed by atoms with Crippen molar-refractivity contribution in [1.29, 1.82) is 0 Å². The standard InChI is InChI=1S/C23H23N5O3/c1-5-16-10-18-20(11-17(16)22-14(3)27-31-15(22)4)25-12-21(28(29)30)23(18)26-13(2)19-8-6-7-9-24-19/h6-13H,5H2,1-4H3,(H,25,26)/t13-/m1/s1. The molecule has 4 rings (SSSR count). The summed E-state index contributed by atoms with van der Waals surface area (Å²) in [4.78, 5) is 20.1. The zero-order valence-electron chi connectivity index (χ0n) is 17.8. The summed E-state index contributed by atoms with van der Waals surface area (Å²) < 4.78 is 5.36. The van der Waals surface area contributed by atoms with Crippen LogP contribution >= 0.6 is 0 Å². The van der Waals surface area contributed by atoms with Crippen LogP contribution in [0.4, 0.5) is 11.4 Å². The number of fused-ring (bicyclic) bond motifs is 1. The maximum absolute atomic E-state index is 11.8. The lowest BCUT2D eigenvalue weighted by atomic mass is 9.94. The van der Waals surface area contributed by atoms with Crippen molar-refractivity contribution in [1.82, 2.24) is 15.1 Å². The molecule has 0 aliphatic carbocycles. The van der Waals surface area contributed by atoms with E-state index < -0.39 is 4.92 Å². The van der Waals surface area contributed by atoms with Crippen LogP contribution in [-0.2, 0) is 6.42 Å². The third-order valence-electron chi connectivity index (χ3n) is 5.45. The molecule has 3 aromatic heterocycles. The van der Waals surface area contributed by atoms with Gasteiger partial charge in [-0.3, -0.25) is 15.1 Å². The van der Waals surface area contributed by atoms with E-state index in [1.54, 1.807) is 6.20 Å². The molecule has 0 amide bonds. The first-order chi connectivity index (χ1) is 14.9. The van der Waals surface area contributed by atoms with E-state index in [0.717, 1.165) is 40.3 Å². The highest BCUT2D eigenvalue weighted by molar-refractivity contribution is 5.99. The Labute approximate surface area is 179 Å². The normalized spacial score (nSPS) is 12.1. The van der Waals surface area contributed by atoms with Gasteiger partial charge in [-0.2, -0.15) is 0 Å². The monoisotopic (exact) mass is 417 g/mol. The van der Waals surface area contributed by atoms with E-state index >= 15 is 0 Å². The summed E-state index contributed by atoms with van der Waals surface area (Å²) in [6.45, 7) is 7.76. The van der Waals surface area contributed by atoms with Crippen LogP contribution in [0, 0.1) is 24.0 Å². The number of anilines is 1. The largest absolute Gasteiger partial charge is 0.371 e. The summed E-state index contributed by atoms with van der Waals surface area (Å²) >= 11 is 0. The molecule has 0 saturated carbocycles. The van der Waals surface area contributed by atoms with E-state index in [4.69, 9.17) is 4.52 Å². The first kappa shape index (κ1) is 20.5. The van der Waals surface area contributed by atoms with E-state index in [-0.39, 0.29) is 11.7 Å². The van der Waals surface area contributed by atoms with Gasteiger partial charge in [0, 0.05) is 17.1 Å². The average molecular weight is 417 g/mol. The van der Waals surface area contributed by atoms with Crippen LogP contribution in [0.1, 0.15) is 42.6 Å². The second kappa shape index (κ2) is 8.14. The molecular formula is C23H23N5O3. The summed E-state index contributed by atoms with van der Waals surface area (Å²) in [7, 11) is 0. The first-order valence-corrected chi connectivity index (χ1v) is 10.1. The molecule has 1 N–H and O–H groups in total. The Kier molecular flexibility index (Phi) is 5.37. The Hall–Kier alpha value is -3.81. The molecule has 8 nitrogen and oxygen atoms in total. The van der Waals surface area contributed by atoms with Gasteiger partial charge in [0.25, 0.3) is 0 Å². The number of hydrogen-bond donors (Lipinski definition) is 1. The van der Waals surface area contributed by atoms with Gasteiger partial charge in [-0.1, -0.05) is 18.1 Å². The number of rotatable bonds is 6. The van der Waals surface area contributed by atoms with Crippen molar-refractivity contribution in [2.45, 2.75) is 40.2 Å². The lowest BCUT2D eigenvalue weighted by Crippen LogP contribution is -2.11. The topological polar surface area (TPSA) is 107 Å². The van der Waals surface area contributed by atoms with Crippen molar-refractivity contribution >= 4 is 22.3 Å². The quantitative estimate of drug-likeness (QED) is 0.324. The van der Waals surface area contributed by atoms with E-state index in [9.17, 15) is 10.1 Å². The Morgan fingerprint density at radius 2 is 2.03 bits per heavy atom. The molecule has 1 atom stereocenters. The Balaban J connectivity index is 1.91. The molecule has 0 aliphatic heterocycles. The number of aromatic nitrogens is 3. The average Bonchev–Trinajstić information content (AvgIpc) is 3.11. The fourth-order valence-corrected chi connectivity index (χ4v) is 3.88. The summed E-state index contributed by atoms with van der Waals surface area (Å²) in [6, 6.07) is 9.33. The van der Waals surface area contributed by atoms with E-state index in [2.05, 4.69) is 27.4 Å². The predicted molar refractivity (Wildman–Crippen MR) is 119 cm³/mol. The minimum absolute atomic E-state index is 0.0672. The fraction of sp³-hybridized carbons (Fsp3) is 0.261. The summed E-state index contributed by atoms with van der Waals surface area (Å²) in [5, 5.41) is 19.8. The second-order valence-corrected chi connectivity index (χ2v) is 7.48. The summed E-state index contributed by atoms with van der Waals surface area (Å²) in [5.41, 5.74) is 5.59. The van der Waals surface area contributed by atoms with Crippen LogP contribution < -0.4 is 5.32 Å². The van der Waals surface area contributed by atoms with Gasteiger partial charge in [0.15, 0.2) is 0 Å². The fourth-order valence-electron chi connectivity index (χ4n) is 3.88. The van der Waals surface area contributed by atoms with Gasteiger partial charge in [0.1, 0.15) is 17.6 Å². The molecule has 0 fully saturated rings. The lowest BCUT2D eigenvalue weighted by molar-refractivity contribution is -0.384. The van der Waals surface area contributed by atoms with Crippen LogP contribution in [0.15, 0.2) is 47.2 Å². The molecule has 31 heavy (non-hydrogen) atoms. The zero-order chi connectivity index (χ0) is 22.1. The highest BCUT2D eigenvalue weighted by Gasteiger charge is 2.23. The molecule has 0 unspecified atom stereocenters. The summed E-state index contributed by atoms with van der Waals surface area (Å²) in [6.07, 6.45) is 3.75. The molecule has 4 aromatic rings. The number of pyridine rings is 2. The van der Waals surface area contributed by atoms with Crippen molar-refractivity contribution in [2.75, 3.05) is 5.32 Å². The van der Waals surface area contributed by atoms with Gasteiger partial charge in [0.2, 0.25) is 0 Å². The Morgan fingerprint density at radius 3 is 2.65 bits per heavy atom. The Bertz CT molecular complexity index is 1250. The molecule has 0 spiro atoms. The molecule has 0 saturated heterocycles. The number of hydrogen-bond acceptors (Lipinski definition) is 7. The van der Waals surface area contributed by atoms with Crippen molar-refractivity contribution in [2.24, 2.45) is 0 Å². The molecule has 3 heterocycles. The SMILES string of the molecule is CCc1cc2c(N[C@H](C)c3ccccn3)c([N+](=O)[O-])cnc2cc1-c1c(C)noc1C. The first-order valence-electron chi connectivity index (χ1n) is 10.1. The maximum atomic E-state index is 11.8. The van der Waals surface area contributed by atoms with Gasteiger partial charge in [-0.25, -0.2) is 4.98 Å². The number of nitro groups is 1.